The summed E-state index contributed by atoms with van der Waals surface area (Å²) in [5, 5.41) is 6.89. The zero-order valence-corrected chi connectivity index (χ0v) is 16.7. The van der Waals surface area contributed by atoms with Crippen molar-refractivity contribution < 1.29 is 19.4 Å². The fourth-order valence-electron chi connectivity index (χ4n) is 3.31. The van der Waals surface area contributed by atoms with Crippen LogP contribution in [0.2, 0.25) is 0 Å². The van der Waals surface area contributed by atoms with Crippen LogP contribution in [0, 0.1) is 0 Å². The van der Waals surface area contributed by atoms with Crippen LogP contribution in [0.3, 0.4) is 0 Å². The molecule has 0 bridgehead atoms. The number of hydrogen-bond acceptors (Lipinski definition) is 6. The molecule has 0 unspecified atom stereocenters. The highest BCUT2D eigenvalue weighted by molar-refractivity contribution is 5.76. The Bertz CT molecular complexity index is 757. The molecule has 3 heterocycles. The Kier molecular flexibility index (Phi) is 9.57. The number of carbonyl (C=O) groups excluding carboxylic acids is 1. The van der Waals surface area contributed by atoms with E-state index in [4.69, 9.17) is 14.6 Å². The summed E-state index contributed by atoms with van der Waals surface area (Å²) in [5.41, 5.74) is 2.25. The van der Waals surface area contributed by atoms with Gasteiger partial charge in [0.05, 0.1) is 7.11 Å². The van der Waals surface area contributed by atoms with Crippen LogP contribution >= 0.6 is 0 Å². The summed E-state index contributed by atoms with van der Waals surface area (Å²) in [6, 6.07) is 7.93. The number of amides is 1. The normalized spacial score (nSPS) is 14.3. The van der Waals surface area contributed by atoms with E-state index in [0.29, 0.717) is 12.3 Å². The molecule has 156 valence electrons. The summed E-state index contributed by atoms with van der Waals surface area (Å²) in [6.07, 6.45) is 7.61. The summed E-state index contributed by atoms with van der Waals surface area (Å²) >= 11 is 0. The Balaban J connectivity index is 0.000000941. The van der Waals surface area contributed by atoms with Crippen LogP contribution in [0.15, 0.2) is 42.9 Å². The Morgan fingerprint density at radius 1 is 1.17 bits per heavy atom. The lowest BCUT2D eigenvalue weighted by Gasteiger charge is -2.22. The van der Waals surface area contributed by atoms with Gasteiger partial charge >= 0.3 is 0 Å². The third kappa shape index (κ3) is 7.50. The van der Waals surface area contributed by atoms with Crippen molar-refractivity contribution in [3.8, 4) is 5.88 Å². The van der Waals surface area contributed by atoms with Gasteiger partial charge < -0.3 is 14.7 Å². The molecule has 0 aromatic carbocycles. The molecule has 8 heteroatoms. The van der Waals surface area contributed by atoms with Crippen LogP contribution in [0.1, 0.15) is 24.0 Å². The van der Waals surface area contributed by atoms with E-state index in [-0.39, 0.29) is 12.4 Å². The number of carboxylic acid groups (broad SMARTS) is 1. The average molecular weight is 400 g/mol. The minimum absolute atomic E-state index is 0.239. The number of hydrogen-bond donors (Lipinski definition) is 1. The minimum atomic E-state index is -0.250. The van der Waals surface area contributed by atoms with Crippen LogP contribution in [-0.2, 0) is 22.6 Å². The van der Waals surface area contributed by atoms with Gasteiger partial charge in [-0.05, 0) is 36.6 Å². The molecule has 8 nitrogen and oxygen atoms in total. The van der Waals surface area contributed by atoms with Crippen molar-refractivity contribution in [3.63, 3.8) is 0 Å². The number of ether oxygens (including phenoxy) is 1. The molecule has 2 aromatic heterocycles. The van der Waals surface area contributed by atoms with Gasteiger partial charge in [0.25, 0.3) is 6.47 Å². The number of aryl methyl sites for hydroxylation is 1. The van der Waals surface area contributed by atoms with E-state index >= 15 is 0 Å². The van der Waals surface area contributed by atoms with E-state index in [9.17, 15) is 4.79 Å². The second-order valence-electron chi connectivity index (χ2n) is 6.64. The van der Waals surface area contributed by atoms with E-state index in [1.165, 1.54) is 0 Å². The van der Waals surface area contributed by atoms with Crippen LogP contribution in [0.25, 0.3) is 0 Å². The van der Waals surface area contributed by atoms with Gasteiger partial charge in [0, 0.05) is 63.3 Å². The largest absolute Gasteiger partial charge is 0.483 e. The molecule has 3 rings (SSSR count). The monoisotopic (exact) mass is 400 g/mol. The molecule has 1 aliphatic heterocycles. The molecule has 2 aromatic rings. The van der Waals surface area contributed by atoms with E-state index in [0.717, 1.165) is 56.7 Å². The smallest absolute Gasteiger partial charge is 0.290 e. The van der Waals surface area contributed by atoms with Gasteiger partial charge in [-0.25, -0.2) is 4.98 Å². The van der Waals surface area contributed by atoms with Crippen molar-refractivity contribution in [1.29, 1.82) is 0 Å². The van der Waals surface area contributed by atoms with Crippen LogP contribution in [-0.4, -0.2) is 70.5 Å². The lowest BCUT2D eigenvalue weighted by Crippen LogP contribution is -2.35. The summed E-state index contributed by atoms with van der Waals surface area (Å²) in [7, 11) is 1.65. The van der Waals surface area contributed by atoms with E-state index < -0.39 is 0 Å². The molecule has 1 fully saturated rings. The molecular formula is C21H28N4O4. The molecule has 0 saturated carbocycles. The van der Waals surface area contributed by atoms with Gasteiger partial charge in [-0.3, -0.25) is 19.5 Å². The zero-order chi connectivity index (χ0) is 20.9. The van der Waals surface area contributed by atoms with Crippen molar-refractivity contribution in [2.24, 2.45) is 0 Å². The Morgan fingerprint density at radius 2 is 1.93 bits per heavy atom. The number of pyridine rings is 2. The molecule has 1 saturated heterocycles. The van der Waals surface area contributed by atoms with Crippen molar-refractivity contribution in [2.45, 2.75) is 25.8 Å². The molecule has 1 N–H and O–H groups in total. The van der Waals surface area contributed by atoms with Crippen molar-refractivity contribution in [2.75, 3.05) is 33.3 Å². The Labute approximate surface area is 171 Å². The van der Waals surface area contributed by atoms with E-state index in [2.05, 4.69) is 14.9 Å². The maximum absolute atomic E-state index is 12.6. The number of carbonyl (C=O) groups is 2. The zero-order valence-electron chi connectivity index (χ0n) is 16.7. The Morgan fingerprint density at radius 3 is 2.66 bits per heavy atom. The molecule has 1 aliphatic rings. The first kappa shape index (κ1) is 22.3. The number of methoxy groups -OCH3 is 1. The lowest BCUT2D eigenvalue weighted by molar-refractivity contribution is -0.131. The first-order valence-corrected chi connectivity index (χ1v) is 9.62. The van der Waals surface area contributed by atoms with Crippen molar-refractivity contribution >= 4 is 12.4 Å². The molecule has 1 amide bonds. The number of rotatable bonds is 6. The number of aromatic nitrogens is 2. The predicted octanol–water partition coefficient (Wildman–Crippen LogP) is 1.85. The molecular weight excluding hydrogens is 372 g/mol. The molecule has 0 spiro atoms. The highest BCUT2D eigenvalue weighted by Gasteiger charge is 2.20. The van der Waals surface area contributed by atoms with Crippen molar-refractivity contribution in [1.82, 2.24) is 19.8 Å². The van der Waals surface area contributed by atoms with Gasteiger partial charge in [-0.15, -0.1) is 0 Å². The predicted molar refractivity (Wildman–Crippen MR) is 109 cm³/mol. The second-order valence-corrected chi connectivity index (χ2v) is 6.64. The minimum Gasteiger partial charge on any atom is -0.483 e. The number of nitrogens with zero attached hydrogens (tertiary/aromatic N) is 4. The lowest BCUT2D eigenvalue weighted by atomic mass is 10.1. The first-order chi connectivity index (χ1) is 14.2. The molecule has 0 atom stereocenters. The molecule has 0 radical (unpaired) electrons. The summed E-state index contributed by atoms with van der Waals surface area (Å²) in [5.74, 6) is 0.921. The van der Waals surface area contributed by atoms with Gasteiger partial charge in [-0.2, -0.15) is 0 Å². The van der Waals surface area contributed by atoms with Gasteiger partial charge in [-0.1, -0.05) is 6.07 Å². The summed E-state index contributed by atoms with van der Waals surface area (Å²) in [6.45, 7) is 4.01. The van der Waals surface area contributed by atoms with Crippen LogP contribution in [0.4, 0.5) is 0 Å². The van der Waals surface area contributed by atoms with Gasteiger partial charge in [0.1, 0.15) is 0 Å². The van der Waals surface area contributed by atoms with Crippen LogP contribution in [0.5, 0.6) is 5.88 Å². The summed E-state index contributed by atoms with van der Waals surface area (Å²) < 4.78 is 5.34. The quantitative estimate of drug-likeness (QED) is 0.739. The third-order valence-corrected chi connectivity index (χ3v) is 4.76. The topological polar surface area (TPSA) is 95.9 Å². The van der Waals surface area contributed by atoms with Gasteiger partial charge in [0.2, 0.25) is 11.8 Å². The standard InChI is InChI=1S/C20H26N4O2.CH2O2/c1-26-20-18(4-2-9-22-20)16-23-12-3-13-24(15-14-23)19(25)6-5-17-7-10-21-11-8-17;2-1-3/h2,4,7-11H,3,5-6,12-16H2,1H3;1H,(H,2,3). The SMILES string of the molecule is COc1ncccc1CN1CCCN(C(=O)CCc2ccncc2)CC1.O=CO. The first-order valence-electron chi connectivity index (χ1n) is 9.62. The van der Waals surface area contributed by atoms with Gasteiger partial charge in [0.15, 0.2) is 0 Å². The van der Waals surface area contributed by atoms with Crippen molar-refractivity contribution in [3.05, 3.63) is 54.0 Å². The Hall–Kier alpha value is -3.00. The van der Waals surface area contributed by atoms with E-state index in [1.807, 2.05) is 29.2 Å². The maximum atomic E-state index is 12.6. The van der Waals surface area contributed by atoms with Crippen LogP contribution < -0.4 is 4.74 Å². The molecule has 29 heavy (non-hydrogen) atoms. The fraction of sp³-hybridized carbons (Fsp3) is 0.429. The fourth-order valence-corrected chi connectivity index (χ4v) is 3.31. The van der Waals surface area contributed by atoms with E-state index in [1.54, 1.807) is 25.7 Å². The summed E-state index contributed by atoms with van der Waals surface area (Å²) in [4.78, 5) is 33.6. The highest BCUT2D eigenvalue weighted by atomic mass is 16.5. The highest BCUT2D eigenvalue weighted by Crippen LogP contribution is 2.17. The molecule has 0 aliphatic carbocycles. The average Bonchev–Trinajstić information content (AvgIpc) is 2.99. The second kappa shape index (κ2) is 12.5. The third-order valence-electron chi connectivity index (χ3n) is 4.76. The maximum Gasteiger partial charge on any atom is 0.290 e.